The van der Waals surface area contributed by atoms with Crippen molar-refractivity contribution in [1.82, 2.24) is 0 Å². The molecule has 0 atom stereocenters. The molecule has 2 rings (SSSR count). The van der Waals surface area contributed by atoms with E-state index in [0.29, 0.717) is 16.7 Å². The molecule has 20 heavy (non-hydrogen) atoms. The van der Waals surface area contributed by atoms with Crippen LogP contribution in [0.2, 0.25) is 0 Å². The van der Waals surface area contributed by atoms with Gasteiger partial charge in [-0.3, -0.25) is 4.79 Å². The summed E-state index contributed by atoms with van der Waals surface area (Å²) in [7, 11) is 0. The van der Waals surface area contributed by atoms with E-state index in [1.54, 1.807) is 25.1 Å². The first kappa shape index (κ1) is 14.1. The molecular formula is C15H12F3NO. The lowest BCUT2D eigenvalue weighted by atomic mass is 9.94. The maximum Gasteiger partial charge on any atom is 0.416 e. The Hall–Kier alpha value is -2.30. The molecule has 0 heterocycles. The van der Waals surface area contributed by atoms with Gasteiger partial charge in [0.25, 0.3) is 0 Å². The van der Waals surface area contributed by atoms with E-state index in [0.717, 1.165) is 12.1 Å². The number of carbonyl (C=O) groups excluding carboxylic acids is 1. The predicted molar refractivity (Wildman–Crippen MR) is 70.1 cm³/mol. The maximum absolute atomic E-state index is 12.8. The molecule has 1 amide bonds. The number of alkyl halides is 3. The third-order valence-electron chi connectivity index (χ3n) is 3.05. The fourth-order valence-corrected chi connectivity index (χ4v) is 2.02. The zero-order valence-electron chi connectivity index (χ0n) is 10.7. The normalized spacial score (nSPS) is 11.4. The second-order valence-electron chi connectivity index (χ2n) is 4.44. The van der Waals surface area contributed by atoms with Crippen LogP contribution < -0.4 is 5.73 Å². The Labute approximate surface area is 114 Å². The molecule has 2 nitrogen and oxygen atoms in total. The van der Waals surface area contributed by atoms with Crippen molar-refractivity contribution in [3.8, 4) is 11.1 Å². The first-order valence-corrected chi connectivity index (χ1v) is 5.88. The monoisotopic (exact) mass is 279 g/mol. The van der Waals surface area contributed by atoms with Crippen LogP contribution in [0.1, 0.15) is 21.5 Å². The zero-order valence-corrected chi connectivity index (χ0v) is 10.7. The summed E-state index contributed by atoms with van der Waals surface area (Å²) in [5, 5.41) is 0. The van der Waals surface area contributed by atoms with Crippen molar-refractivity contribution in [3.63, 3.8) is 0 Å². The van der Waals surface area contributed by atoms with Gasteiger partial charge in [-0.15, -0.1) is 0 Å². The standard InChI is InChI=1S/C15H12F3NO/c1-9-6-7-10(15(16,17)18)8-13(9)11-4-2-3-5-12(11)14(19)20/h2-8H,1H3,(H2,19,20). The first-order valence-electron chi connectivity index (χ1n) is 5.88. The highest BCUT2D eigenvalue weighted by Gasteiger charge is 2.31. The number of rotatable bonds is 2. The van der Waals surface area contributed by atoms with Gasteiger partial charge in [0.05, 0.1) is 5.56 Å². The maximum atomic E-state index is 12.8. The lowest BCUT2D eigenvalue weighted by Gasteiger charge is -2.13. The molecule has 0 aliphatic carbocycles. The molecule has 0 fully saturated rings. The van der Waals surface area contributed by atoms with Crippen molar-refractivity contribution in [3.05, 3.63) is 59.2 Å². The van der Waals surface area contributed by atoms with Gasteiger partial charge in [-0.1, -0.05) is 24.3 Å². The van der Waals surface area contributed by atoms with E-state index in [4.69, 9.17) is 5.73 Å². The van der Waals surface area contributed by atoms with Gasteiger partial charge in [0.2, 0.25) is 5.91 Å². The molecule has 2 N–H and O–H groups in total. The lowest BCUT2D eigenvalue weighted by molar-refractivity contribution is -0.137. The number of aryl methyl sites for hydroxylation is 1. The molecule has 0 unspecified atom stereocenters. The molecule has 0 spiro atoms. The minimum Gasteiger partial charge on any atom is -0.366 e. The van der Waals surface area contributed by atoms with Crippen LogP contribution in [0.4, 0.5) is 13.2 Å². The smallest absolute Gasteiger partial charge is 0.366 e. The second kappa shape index (κ2) is 5.00. The molecule has 0 radical (unpaired) electrons. The molecule has 5 heteroatoms. The van der Waals surface area contributed by atoms with E-state index >= 15 is 0 Å². The molecular weight excluding hydrogens is 267 g/mol. The summed E-state index contributed by atoms with van der Waals surface area (Å²) in [4.78, 5) is 11.4. The number of hydrogen-bond acceptors (Lipinski definition) is 1. The summed E-state index contributed by atoms with van der Waals surface area (Å²) in [6.07, 6.45) is -4.43. The molecule has 0 saturated carbocycles. The Morgan fingerprint density at radius 2 is 1.70 bits per heavy atom. The zero-order chi connectivity index (χ0) is 14.9. The summed E-state index contributed by atoms with van der Waals surface area (Å²) in [5.41, 5.74) is 6.12. The van der Waals surface area contributed by atoms with Gasteiger partial charge in [0, 0.05) is 5.56 Å². The van der Waals surface area contributed by atoms with E-state index < -0.39 is 17.6 Å². The Bertz CT molecular complexity index is 662. The number of hydrogen-bond donors (Lipinski definition) is 1. The van der Waals surface area contributed by atoms with Gasteiger partial charge in [-0.05, 0) is 41.8 Å². The molecule has 2 aromatic carbocycles. The number of halogens is 3. The van der Waals surface area contributed by atoms with Crippen LogP contribution in [-0.4, -0.2) is 5.91 Å². The lowest BCUT2D eigenvalue weighted by Crippen LogP contribution is -2.12. The van der Waals surface area contributed by atoms with E-state index in [1.807, 2.05) is 0 Å². The van der Waals surface area contributed by atoms with Gasteiger partial charge in [0.1, 0.15) is 0 Å². The second-order valence-corrected chi connectivity index (χ2v) is 4.44. The molecule has 2 aromatic rings. The molecule has 0 aliphatic rings. The van der Waals surface area contributed by atoms with Gasteiger partial charge in [0.15, 0.2) is 0 Å². The van der Waals surface area contributed by atoms with Crippen LogP contribution in [0.15, 0.2) is 42.5 Å². The highest BCUT2D eigenvalue weighted by molar-refractivity contribution is 6.00. The van der Waals surface area contributed by atoms with Crippen molar-refractivity contribution in [1.29, 1.82) is 0 Å². The predicted octanol–water partition coefficient (Wildman–Crippen LogP) is 3.78. The first-order chi connectivity index (χ1) is 9.30. The van der Waals surface area contributed by atoms with E-state index in [2.05, 4.69) is 0 Å². The molecule has 0 aliphatic heterocycles. The van der Waals surface area contributed by atoms with Crippen molar-refractivity contribution >= 4 is 5.91 Å². The highest BCUT2D eigenvalue weighted by Crippen LogP contribution is 2.34. The van der Waals surface area contributed by atoms with E-state index in [-0.39, 0.29) is 5.56 Å². The largest absolute Gasteiger partial charge is 0.416 e. The fraction of sp³-hybridized carbons (Fsp3) is 0.133. The number of amides is 1. The van der Waals surface area contributed by atoms with Crippen LogP contribution in [0, 0.1) is 6.92 Å². The van der Waals surface area contributed by atoms with Gasteiger partial charge >= 0.3 is 6.18 Å². The van der Waals surface area contributed by atoms with Crippen molar-refractivity contribution in [2.24, 2.45) is 5.73 Å². The molecule has 0 bridgehead atoms. The third kappa shape index (κ3) is 2.66. The summed E-state index contributed by atoms with van der Waals surface area (Å²) < 4.78 is 38.3. The molecule has 104 valence electrons. The van der Waals surface area contributed by atoms with Crippen molar-refractivity contribution in [2.75, 3.05) is 0 Å². The quantitative estimate of drug-likeness (QED) is 0.893. The SMILES string of the molecule is Cc1ccc(C(F)(F)F)cc1-c1ccccc1C(N)=O. The Morgan fingerprint density at radius 3 is 2.30 bits per heavy atom. The van der Waals surface area contributed by atoms with Gasteiger partial charge in [-0.2, -0.15) is 13.2 Å². The Kier molecular flexibility index (Phi) is 3.53. The van der Waals surface area contributed by atoms with Crippen LogP contribution in [0.25, 0.3) is 11.1 Å². The third-order valence-corrected chi connectivity index (χ3v) is 3.05. The number of carbonyl (C=O) groups is 1. The Balaban J connectivity index is 2.67. The molecule has 0 aromatic heterocycles. The van der Waals surface area contributed by atoms with E-state index in [9.17, 15) is 18.0 Å². The Morgan fingerprint density at radius 1 is 1.05 bits per heavy atom. The van der Waals surface area contributed by atoms with Crippen molar-refractivity contribution < 1.29 is 18.0 Å². The van der Waals surface area contributed by atoms with Crippen LogP contribution in [0.3, 0.4) is 0 Å². The topological polar surface area (TPSA) is 43.1 Å². The number of benzene rings is 2. The van der Waals surface area contributed by atoms with Crippen LogP contribution in [0.5, 0.6) is 0 Å². The fourth-order valence-electron chi connectivity index (χ4n) is 2.02. The van der Waals surface area contributed by atoms with Gasteiger partial charge < -0.3 is 5.73 Å². The summed E-state index contributed by atoms with van der Waals surface area (Å²) in [5.74, 6) is -0.669. The highest BCUT2D eigenvalue weighted by atomic mass is 19.4. The number of nitrogens with two attached hydrogens (primary N) is 1. The van der Waals surface area contributed by atoms with Crippen LogP contribution in [-0.2, 0) is 6.18 Å². The summed E-state index contributed by atoms with van der Waals surface area (Å²) in [6.45, 7) is 1.69. The minimum atomic E-state index is -4.43. The number of primary amides is 1. The minimum absolute atomic E-state index is 0.204. The average Bonchev–Trinajstić information content (AvgIpc) is 2.38. The van der Waals surface area contributed by atoms with Gasteiger partial charge in [-0.25, -0.2) is 0 Å². The van der Waals surface area contributed by atoms with E-state index in [1.165, 1.54) is 12.1 Å². The van der Waals surface area contributed by atoms with Crippen molar-refractivity contribution in [2.45, 2.75) is 13.1 Å². The molecule has 0 saturated heterocycles. The summed E-state index contributed by atoms with van der Waals surface area (Å²) >= 11 is 0. The average molecular weight is 279 g/mol. The van der Waals surface area contributed by atoms with Crippen LogP contribution >= 0.6 is 0 Å². The summed E-state index contributed by atoms with van der Waals surface area (Å²) in [6, 6.07) is 9.80.